The number of furan rings is 1. The summed E-state index contributed by atoms with van der Waals surface area (Å²) in [6.07, 6.45) is 1.80. The Balaban J connectivity index is 2.00. The fraction of sp³-hybridized carbons (Fsp3) is 0.462. The maximum absolute atomic E-state index is 8.95. The van der Waals surface area contributed by atoms with E-state index in [1.54, 1.807) is 6.20 Å². The third-order valence-corrected chi connectivity index (χ3v) is 2.82. The molecule has 2 heterocycles. The largest absolute Gasteiger partial charge is 0.460 e. The number of nitrogens with zero attached hydrogens (tertiary/aromatic N) is 1. The quantitative estimate of drug-likeness (QED) is 0.728. The third-order valence-electron chi connectivity index (χ3n) is 2.82. The average Bonchev–Trinajstić information content (AvgIpc) is 2.97. The van der Waals surface area contributed by atoms with Gasteiger partial charge in [-0.15, -0.1) is 0 Å². The van der Waals surface area contributed by atoms with E-state index in [0.717, 1.165) is 29.3 Å². The van der Waals surface area contributed by atoms with E-state index in [4.69, 9.17) is 9.52 Å². The van der Waals surface area contributed by atoms with E-state index < -0.39 is 0 Å². The van der Waals surface area contributed by atoms with Crippen molar-refractivity contribution < 1.29 is 9.52 Å². The van der Waals surface area contributed by atoms with Gasteiger partial charge in [0.2, 0.25) is 0 Å². The Morgan fingerprint density at radius 1 is 1.50 bits per heavy atom. The lowest BCUT2D eigenvalue weighted by molar-refractivity contribution is 0.233. The molecule has 5 heteroatoms. The number of aromatic nitrogens is 2. The summed E-state index contributed by atoms with van der Waals surface area (Å²) in [7, 11) is 0. The van der Waals surface area contributed by atoms with Crippen LogP contribution in [0.15, 0.2) is 22.7 Å². The normalized spacial score (nSPS) is 12.8. The van der Waals surface area contributed by atoms with E-state index in [2.05, 4.69) is 15.5 Å². The van der Waals surface area contributed by atoms with Crippen molar-refractivity contribution in [2.75, 3.05) is 13.2 Å². The molecule has 0 fully saturated rings. The molecule has 0 aliphatic heterocycles. The predicted octanol–water partition coefficient (Wildman–Crippen LogP) is 1.70. The topological polar surface area (TPSA) is 74.1 Å². The molecule has 2 aromatic rings. The lowest BCUT2D eigenvalue weighted by Crippen LogP contribution is -2.22. The molecule has 0 spiro atoms. The third kappa shape index (κ3) is 3.00. The number of H-pyrrole nitrogens is 1. The van der Waals surface area contributed by atoms with Crippen LogP contribution in [0.5, 0.6) is 0 Å². The van der Waals surface area contributed by atoms with Gasteiger partial charge < -0.3 is 14.8 Å². The summed E-state index contributed by atoms with van der Waals surface area (Å²) in [4.78, 5) is 0. The molecule has 2 rings (SSSR count). The molecule has 0 saturated heterocycles. The Morgan fingerprint density at radius 3 is 3.00 bits per heavy atom. The second kappa shape index (κ2) is 5.84. The van der Waals surface area contributed by atoms with Crippen molar-refractivity contribution in [1.82, 2.24) is 15.5 Å². The number of nitrogens with one attached hydrogen (secondary N) is 2. The minimum Gasteiger partial charge on any atom is -0.460 e. The molecule has 3 N–H and O–H groups in total. The van der Waals surface area contributed by atoms with Gasteiger partial charge in [-0.25, -0.2) is 0 Å². The smallest absolute Gasteiger partial charge is 0.152 e. The Kier molecular flexibility index (Phi) is 4.17. The fourth-order valence-corrected chi connectivity index (χ4v) is 1.75. The number of aryl methyl sites for hydroxylation is 1. The van der Waals surface area contributed by atoms with Gasteiger partial charge in [0, 0.05) is 25.3 Å². The Bertz CT molecular complexity index is 490. The van der Waals surface area contributed by atoms with Crippen molar-refractivity contribution in [3.8, 4) is 11.5 Å². The number of aromatic amines is 1. The van der Waals surface area contributed by atoms with E-state index in [1.807, 2.05) is 26.0 Å². The molecule has 0 radical (unpaired) electrons. The molecule has 5 nitrogen and oxygen atoms in total. The number of aliphatic hydroxyl groups excluding tert-OH is 1. The standard InChI is InChI=1S/C13H19N3O2/c1-9(8-17)5-14-6-11-7-15-16-13(11)12-4-3-10(2)18-12/h3-4,7,9,14,17H,5-6,8H2,1-2H3,(H,15,16). The van der Waals surface area contributed by atoms with Gasteiger partial charge in [0.1, 0.15) is 11.5 Å². The first-order valence-electron chi connectivity index (χ1n) is 6.11. The minimum absolute atomic E-state index is 0.197. The zero-order valence-electron chi connectivity index (χ0n) is 10.7. The maximum Gasteiger partial charge on any atom is 0.152 e. The highest BCUT2D eigenvalue weighted by Crippen LogP contribution is 2.23. The first-order valence-corrected chi connectivity index (χ1v) is 6.11. The summed E-state index contributed by atoms with van der Waals surface area (Å²) in [5.74, 6) is 1.94. The van der Waals surface area contributed by atoms with E-state index in [-0.39, 0.29) is 12.5 Å². The van der Waals surface area contributed by atoms with Crippen LogP contribution < -0.4 is 5.32 Å². The van der Waals surface area contributed by atoms with Crippen LogP contribution >= 0.6 is 0 Å². The Hall–Kier alpha value is -1.59. The first kappa shape index (κ1) is 12.9. The van der Waals surface area contributed by atoms with Gasteiger partial charge in [-0.05, 0) is 25.0 Å². The van der Waals surface area contributed by atoms with Crippen molar-refractivity contribution in [1.29, 1.82) is 0 Å². The summed E-state index contributed by atoms with van der Waals surface area (Å²) in [5, 5.41) is 19.3. The molecule has 0 saturated carbocycles. The lowest BCUT2D eigenvalue weighted by atomic mass is 10.2. The van der Waals surface area contributed by atoms with Crippen LogP contribution in [0.2, 0.25) is 0 Å². The van der Waals surface area contributed by atoms with Crippen LogP contribution in [-0.2, 0) is 6.54 Å². The van der Waals surface area contributed by atoms with Crippen LogP contribution in [-0.4, -0.2) is 28.5 Å². The molecule has 18 heavy (non-hydrogen) atoms. The van der Waals surface area contributed by atoms with Gasteiger partial charge in [-0.2, -0.15) is 5.10 Å². The minimum atomic E-state index is 0.197. The summed E-state index contributed by atoms with van der Waals surface area (Å²) >= 11 is 0. The number of aliphatic hydroxyl groups is 1. The summed E-state index contributed by atoms with van der Waals surface area (Å²) in [6.45, 7) is 5.59. The first-order chi connectivity index (χ1) is 8.70. The molecule has 0 aliphatic rings. The van der Waals surface area contributed by atoms with Crippen molar-refractivity contribution in [3.63, 3.8) is 0 Å². The molecular weight excluding hydrogens is 230 g/mol. The number of hydrogen-bond donors (Lipinski definition) is 3. The lowest BCUT2D eigenvalue weighted by Gasteiger charge is -2.09. The molecule has 0 bridgehead atoms. The number of hydrogen-bond acceptors (Lipinski definition) is 4. The molecule has 1 atom stereocenters. The zero-order chi connectivity index (χ0) is 13.0. The van der Waals surface area contributed by atoms with Crippen molar-refractivity contribution >= 4 is 0 Å². The molecule has 0 aliphatic carbocycles. The van der Waals surface area contributed by atoms with E-state index in [9.17, 15) is 0 Å². The van der Waals surface area contributed by atoms with Gasteiger partial charge in [-0.3, -0.25) is 5.10 Å². The van der Waals surface area contributed by atoms with Crippen LogP contribution in [0.1, 0.15) is 18.2 Å². The van der Waals surface area contributed by atoms with Gasteiger partial charge in [0.25, 0.3) is 0 Å². The summed E-state index contributed by atoms with van der Waals surface area (Å²) in [5.41, 5.74) is 1.97. The van der Waals surface area contributed by atoms with Gasteiger partial charge in [0.15, 0.2) is 5.76 Å². The van der Waals surface area contributed by atoms with Crippen LogP contribution in [0.3, 0.4) is 0 Å². The highest BCUT2D eigenvalue weighted by Gasteiger charge is 2.11. The predicted molar refractivity (Wildman–Crippen MR) is 69.0 cm³/mol. The second-order valence-corrected chi connectivity index (χ2v) is 4.60. The Morgan fingerprint density at radius 2 is 2.33 bits per heavy atom. The van der Waals surface area contributed by atoms with Gasteiger partial charge in [0.05, 0.1) is 6.20 Å². The monoisotopic (exact) mass is 249 g/mol. The van der Waals surface area contributed by atoms with Gasteiger partial charge in [-0.1, -0.05) is 6.92 Å². The fourth-order valence-electron chi connectivity index (χ4n) is 1.75. The molecule has 0 aromatic carbocycles. The molecular formula is C13H19N3O2. The SMILES string of the molecule is Cc1ccc(-c2[nH]ncc2CNCC(C)CO)o1. The van der Waals surface area contributed by atoms with E-state index >= 15 is 0 Å². The molecule has 2 aromatic heterocycles. The summed E-state index contributed by atoms with van der Waals surface area (Å²) < 4.78 is 5.58. The van der Waals surface area contributed by atoms with Crippen molar-refractivity contribution in [2.24, 2.45) is 5.92 Å². The van der Waals surface area contributed by atoms with Crippen LogP contribution in [0.4, 0.5) is 0 Å². The van der Waals surface area contributed by atoms with Crippen LogP contribution in [0.25, 0.3) is 11.5 Å². The second-order valence-electron chi connectivity index (χ2n) is 4.60. The zero-order valence-corrected chi connectivity index (χ0v) is 10.7. The maximum atomic E-state index is 8.95. The highest BCUT2D eigenvalue weighted by atomic mass is 16.3. The van der Waals surface area contributed by atoms with Crippen molar-refractivity contribution in [3.05, 3.63) is 29.7 Å². The molecule has 98 valence electrons. The van der Waals surface area contributed by atoms with E-state index in [1.165, 1.54) is 0 Å². The van der Waals surface area contributed by atoms with Crippen molar-refractivity contribution in [2.45, 2.75) is 20.4 Å². The van der Waals surface area contributed by atoms with Crippen LogP contribution in [0, 0.1) is 12.8 Å². The number of rotatable bonds is 6. The molecule has 0 amide bonds. The van der Waals surface area contributed by atoms with Gasteiger partial charge >= 0.3 is 0 Å². The Labute approximate surface area is 106 Å². The summed E-state index contributed by atoms with van der Waals surface area (Å²) in [6, 6.07) is 3.86. The van der Waals surface area contributed by atoms with E-state index in [0.29, 0.717) is 6.54 Å². The highest BCUT2D eigenvalue weighted by molar-refractivity contribution is 5.56. The molecule has 1 unspecified atom stereocenters. The average molecular weight is 249 g/mol.